The molecular formula is C20H18Cl3OZr. The molecule has 0 heterocycles. The van der Waals surface area contributed by atoms with Crippen molar-refractivity contribution in [3.63, 3.8) is 0 Å². The van der Waals surface area contributed by atoms with Gasteiger partial charge in [-0.15, -0.1) is 0 Å². The first-order chi connectivity index (χ1) is 10.4. The van der Waals surface area contributed by atoms with E-state index in [0.29, 0.717) is 11.8 Å². The average molecular weight is 472 g/mol. The first-order valence-electron chi connectivity index (χ1n) is 7.53. The summed E-state index contributed by atoms with van der Waals surface area (Å²) >= 11 is 0. The predicted molar refractivity (Wildman–Crippen MR) is 87.0 cm³/mol. The van der Waals surface area contributed by atoms with Gasteiger partial charge in [0.25, 0.3) is 0 Å². The van der Waals surface area contributed by atoms with Crippen LogP contribution in [0.1, 0.15) is 34.1 Å². The summed E-state index contributed by atoms with van der Waals surface area (Å²) in [6.07, 6.45) is 8.88. The van der Waals surface area contributed by atoms with E-state index in [-0.39, 0.29) is 75.9 Å². The van der Waals surface area contributed by atoms with E-state index in [1.807, 2.05) is 0 Å². The van der Waals surface area contributed by atoms with Crippen molar-refractivity contribution < 1.29 is 68.5 Å². The Hall–Kier alpha value is -0.367. The molecule has 25 heavy (non-hydrogen) atoms. The molecule has 2 aliphatic carbocycles. The minimum absolute atomic E-state index is 0. The third-order valence-electron chi connectivity index (χ3n) is 4.81. The average Bonchev–Trinajstić information content (AvgIpc) is 3.14. The summed E-state index contributed by atoms with van der Waals surface area (Å²) in [5, 5.41) is 10.0. The smallest absolute Gasteiger partial charge is 1.00 e. The van der Waals surface area contributed by atoms with Crippen molar-refractivity contribution >= 4 is 12.2 Å². The molecule has 0 fully saturated rings. The van der Waals surface area contributed by atoms with Gasteiger partial charge in [-0.3, -0.25) is 0 Å². The number of hydrogen-bond acceptors (Lipinski definition) is 1. The zero-order chi connectivity index (χ0) is 14.2. The summed E-state index contributed by atoms with van der Waals surface area (Å²) in [6.45, 7) is 0.201. The summed E-state index contributed by atoms with van der Waals surface area (Å²) in [6, 6.07) is 17.0. The monoisotopic (exact) mass is 469 g/mol. The Morgan fingerprint density at radius 3 is 1.52 bits per heavy atom. The zero-order valence-corrected chi connectivity index (χ0v) is 18.2. The standard InChI is InChI=1S/C20H18O.3ClH.Zr/c21-13-20(18-11-9-14-5-1-3-7-16(14)18)19-12-10-15-6-2-4-8-17(15)19;;;;/h1-12,18-21H,13H2;3*1H;/q;;;;+3/p-3. The molecule has 2 aromatic rings. The summed E-state index contributed by atoms with van der Waals surface area (Å²) < 4.78 is 0. The predicted octanol–water partition coefficient (Wildman–Crippen LogP) is -4.77. The number of fused-ring (bicyclic) bond motifs is 2. The second-order valence-corrected chi connectivity index (χ2v) is 5.87. The van der Waals surface area contributed by atoms with E-state index < -0.39 is 0 Å². The van der Waals surface area contributed by atoms with Gasteiger partial charge in [0.1, 0.15) is 0 Å². The Bertz CT molecular complexity index is 684. The maximum absolute atomic E-state index is 10.0. The minimum Gasteiger partial charge on any atom is -1.00 e. The Kier molecular flexibility index (Phi) is 10.5. The van der Waals surface area contributed by atoms with Crippen LogP contribution in [0.4, 0.5) is 0 Å². The molecule has 129 valence electrons. The normalized spacial score (nSPS) is 19.4. The number of allylic oxidation sites excluding steroid dienone is 2. The van der Waals surface area contributed by atoms with Gasteiger partial charge in [0.05, 0.1) is 0 Å². The number of halogens is 3. The van der Waals surface area contributed by atoms with Gasteiger partial charge < -0.3 is 42.3 Å². The van der Waals surface area contributed by atoms with Crippen molar-refractivity contribution in [2.45, 2.75) is 11.8 Å². The molecule has 1 N–H and O–H groups in total. The van der Waals surface area contributed by atoms with Crippen molar-refractivity contribution in [1.29, 1.82) is 0 Å². The topological polar surface area (TPSA) is 20.2 Å². The Balaban J connectivity index is 0.00000144. The largest absolute Gasteiger partial charge is 3.00 e. The molecule has 0 saturated heterocycles. The van der Waals surface area contributed by atoms with Crippen LogP contribution >= 0.6 is 0 Å². The molecule has 1 radical (unpaired) electrons. The Morgan fingerprint density at radius 1 is 0.720 bits per heavy atom. The SMILES string of the molecule is OCC(C1C=Cc2ccccc21)C1C=Cc2ccccc21.[Cl-].[Cl-].[Cl-].[Zr+3]. The molecule has 2 aliphatic rings. The number of hydrogen-bond donors (Lipinski definition) is 1. The summed E-state index contributed by atoms with van der Waals surface area (Å²) in [5.74, 6) is 0.795. The van der Waals surface area contributed by atoms with E-state index in [0.717, 1.165) is 0 Å². The quantitative estimate of drug-likeness (QED) is 0.477. The van der Waals surface area contributed by atoms with E-state index in [9.17, 15) is 5.11 Å². The Labute approximate surface area is 187 Å². The first-order valence-corrected chi connectivity index (χ1v) is 7.53. The van der Waals surface area contributed by atoms with Gasteiger partial charge in [0.2, 0.25) is 0 Å². The fourth-order valence-electron chi connectivity index (χ4n) is 3.75. The van der Waals surface area contributed by atoms with Crippen molar-refractivity contribution in [1.82, 2.24) is 0 Å². The van der Waals surface area contributed by atoms with E-state index in [1.54, 1.807) is 0 Å². The fraction of sp³-hybridized carbons (Fsp3) is 0.200. The molecule has 0 bridgehead atoms. The third-order valence-corrected chi connectivity index (χ3v) is 4.81. The van der Waals surface area contributed by atoms with E-state index >= 15 is 0 Å². The molecule has 0 aliphatic heterocycles. The number of rotatable bonds is 3. The minimum atomic E-state index is 0. The van der Waals surface area contributed by atoms with Crippen LogP contribution in [0.3, 0.4) is 0 Å². The van der Waals surface area contributed by atoms with Crippen molar-refractivity contribution in [3.8, 4) is 0 Å². The maximum Gasteiger partial charge on any atom is 3.00 e. The van der Waals surface area contributed by atoms with Crippen molar-refractivity contribution in [3.05, 3.63) is 82.9 Å². The van der Waals surface area contributed by atoms with Crippen molar-refractivity contribution in [2.75, 3.05) is 6.61 Å². The van der Waals surface area contributed by atoms with E-state index in [1.165, 1.54) is 22.3 Å². The molecule has 0 spiro atoms. The van der Waals surface area contributed by atoms with Crippen LogP contribution in [0, 0.1) is 5.92 Å². The van der Waals surface area contributed by atoms with Gasteiger partial charge >= 0.3 is 26.2 Å². The van der Waals surface area contributed by atoms with Gasteiger partial charge in [0.15, 0.2) is 0 Å². The van der Waals surface area contributed by atoms with Gasteiger partial charge in [-0.05, 0) is 22.3 Å². The molecule has 0 aromatic heterocycles. The molecule has 5 heteroatoms. The molecule has 2 aromatic carbocycles. The number of aliphatic hydroxyl groups is 1. The van der Waals surface area contributed by atoms with Crippen molar-refractivity contribution in [2.24, 2.45) is 5.92 Å². The number of benzene rings is 2. The third kappa shape index (κ3) is 4.49. The van der Waals surface area contributed by atoms with Crippen LogP contribution in [0.15, 0.2) is 60.7 Å². The van der Waals surface area contributed by atoms with E-state index in [4.69, 9.17) is 0 Å². The Morgan fingerprint density at radius 2 is 1.12 bits per heavy atom. The van der Waals surface area contributed by atoms with Gasteiger partial charge in [-0.25, -0.2) is 0 Å². The molecule has 4 rings (SSSR count). The van der Waals surface area contributed by atoms with E-state index in [2.05, 4.69) is 72.8 Å². The van der Waals surface area contributed by atoms with Crippen LogP contribution < -0.4 is 37.2 Å². The second-order valence-electron chi connectivity index (χ2n) is 5.87. The molecule has 0 saturated carbocycles. The summed E-state index contributed by atoms with van der Waals surface area (Å²) in [4.78, 5) is 0. The van der Waals surface area contributed by atoms with Crippen LogP contribution in [-0.2, 0) is 26.2 Å². The van der Waals surface area contributed by atoms with Gasteiger partial charge in [-0.1, -0.05) is 72.8 Å². The van der Waals surface area contributed by atoms with Crippen LogP contribution in [0.2, 0.25) is 0 Å². The summed E-state index contributed by atoms with van der Waals surface area (Å²) in [7, 11) is 0. The first kappa shape index (κ1) is 24.6. The fourth-order valence-corrected chi connectivity index (χ4v) is 3.75. The molecule has 2 atom stereocenters. The van der Waals surface area contributed by atoms with Gasteiger partial charge in [-0.2, -0.15) is 0 Å². The van der Waals surface area contributed by atoms with Gasteiger partial charge in [0, 0.05) is 24.4 Å². The zero-order valence-electron chi connectivity index (χ0n) is 13.4. The van der Waals surface area contributed by atoms with Crippen LogP contribution in [0.5, 0.6) is 0 Å². The molecule has 0 amide bonds. The van der Waals surface area contributed by atoms with Crippen LogP contribution in [0.25, 0.3) is 12.2 Å². The molecule has 2 unspecified atom stereocenters. The molecular weight excluding hydrogens is 454 g/mol. The maximum atomic E-state index is 10.0. The molecule has 1 nitrogen and oxygen atoms in total. The summed E-state index contributed by atoms with van der Waals surface area (Å²) in [5.41, 5.74) is 5.26. The number of aliphatic hydroxyl groups excluding tert-OH is 1. The van der Waals surface area contributed by atoms with Crippen LogP contribution in [-0.4, -0.2) is 11.7 Å². The second kappa shape index (κ2) is 10.7.